The summed E-state index contributed by atoms with van der Waals surface area (Å²) in [4.78, 5) is 32.2. The van der Waals surface area contributed by atoms with E-state index in [-0.39, 0.29) is 11.6 Å². The van der Waals surface area contributed by atoms with Crippen LogP contribution in [0.4, 0.5) is 0 Å². The summed E-state index contributed by atoms with van der Waals surface area (Å²) in [5, 5.41) is 0. The fraction of sp³-hybridized carbons (Fsp3) is 0.429. The molecule has 0 amide bonds. The van der Waals surface area contributed by atoms with Crippen LogP contribution in [-0.2, 0) is 6.54 Å². The third-order valence-electron chi connectivity index (χ3n) is 5.15. The van der Waals surface area contributed by atoms with Crippen molar-refractivity contribution in [2.45, 2.75) is 27.3 Å². The molecule has 2 aromatic rings. The summed E-state index contributed by atoms with van der Waals surface area (Å²) in [5.74, 6) is 0.0689. The molecule has 1 fully saturated rings. The number of H-pyrrole nitrogens is 1. The number of Topliss-reactive ketones (excluding diaryl/α,β-unsaturated/α-hetero) is 2. The summed E-state index contributed by atoms with van der Waals surface area (Å²) < 4.78 is 0. The number of benzene rings is 1. The third-order valence-corrected chi connectivity index (χ3v) is 5.15. The summed E-state index contributed by atoms with van der Waals surface area (Å²) in [5.41, 5.74) is 4.13. The molecule has 0 bridgehead atoms. The normalized spacial score (nSPS) is 16.0. The summed E-state index contributed by atoms with van der Waals surface area (Å²) in [6.07, 6.45) is 0. The summed E-state index contributed by atoms with van der Waals surface area (Å²) >= 11 is 0. The van der Waals surface area contributed by atoms with Gasteiger partial charge in [0, 0.05) is 44.0 Å². The monoisotopic (exact) mass is 353 g/mol. The molecule has 1 saturated heterocycles. The van der Waals surface area contributed by atoms with Crippen molar-refractivity contribution in [1.29, 1.82) is 0 Å². The first-order chi connectivity index (χ1) is 12.5. The highest BCUT2D eigenvalue weighted by Crippen LogP contribution is 2.19. The Morgan fingerprint density at radius 3 is 2.19 bits per heavy atom. The van der Waals surface area contributed by atoms with Crippen LogP contribution in [0.1, 0.15) is 44.6 Å². The summed E-state index contributed by atoms with van der Waals surface area (Å²) in [7, 11) is 0. The SMILES string of the molecule is CC(=O)c1c(C)[nH]c(C(=O)CN2CCN(Cc3ccccc3)CC2)c1C. The van der Waals surface area contributed by atoms with Gasteiger partial charge in [0.1, 0.15) is 0 Å². The molecule has 1 aromatic heterocycles. The highest BCUT2D eigenvalue weighted by atomic mass is 16.1. The molecule has 0 atom stereocenters. The molecule has 0 spiro atoms. The van der Waals surface area contributed by atoms with Gasteiger partial charge in [-0.25, -0.2) is 0 Å². The van der Waals surface area contributed by atoms with Crippen molar-refractivity contribution in [3.63, 3.8) is 0 Å². The van der Waals surface area contributed by atoms with Gasteiger partial charge in [-0.1, -0.05) is 30.3 Å². The second-order valence-corrected chi connectivity index (χ2v) is 7.14. The van der Waals surface area contributed by atoms with Crippen LogP contribution < -0.4 is 0 Å². The van der Waals surface area contributed by atoms with Gasteiger partial charge < -0.3 is 4.98 Å². The number of aryl methyl sites for hydroxylation is 1. The van der Waals surface area contributed by atoms with Gasteiger partial charge in [-0.15, -0.1) is 0 Å². The van der Waals surface area contributed by atoms with E-state index in [0.29, 0.717) is 17.8 Å². The molecule has 26 heavy (non-hydrogen) atoms. The molecule has 138 valence electrons. The van der Waals surface area contributed by atoms with E-state index >= 15 is 0 Å². The first-order valence-electron chi connectivity index (χ1n) is 9.17. The highest BCUT2D eigenvalue weighted by Gasteiger charge is 2.23. The van der Waals surface area contributed by atoms with Crippen LogP contribution in [0.15, 0.2) is 30.3 Å². The van der Waals surface area contributed by atoms with Crippen molar-refractivity contribution < 1.29 is 9.59 Å². The first kappa shape index (κ1) is 18.5. The highest BCUT2D eigenvalue weighted by molar-refractivity contribution is 6.03. The van der Waals surface area contributed by atoms with Crippen LogP contribution in [0.5, 0.6) is 0 Å². The van der Waals surface area contributed by atoms with Gasteiger partial charge in [0.25, 0.3) is 0 Å². The Bertz CT molecular complexity index is 787. The maximum absolute atomic E-state index is 12.7. The van der Waals surface area contributed by atoms with Gasteiger partial charge in [0.15, 0.2) is 11.6 Å². The zero-order valence-electron chi connectivity index (χ0n) is 15.8. The Hall–Kier alpha value is -2.24. The second kappa shape index (κ2) is 7.98. The number of nitrogens with one attached hydrogen (secondary N) is 1. The van der Waals surface area contributed by atoms with Crippen LogP contribution in [0, 0.1) is 13.8 Å². The zero-order chi connectivity index (χ0) is 18.7. The van der Waals surface area contributed by atoms with Crippen molar-refractivity contribution in [2.24, 2.45) is 0 Å². The average Bonchev–Trinajstić information content (AvgIpc) is 2.92. The van der Waals surface area contributed by atoms with Gasteiger partial charge in [0.2, 0.25) is 0 Å². The standard InChI is InChI=1S/C21H27N3O2/c1-15-20(17(3)25)16(2)22-21(15)19(26)14-24-11-9-23(10-12-24)13-18-7-5-4-6-8-18/h4-8,22H,9-14H2,1-3H3. The number of aromatic amines is 1. The lowest BCUT2D eigenvalue weighted by atomic mass is 10.1. The van der Waals surface area contributed by atoms with E-state index in [1.807, 2.05) is 19.9 Å². The van der Waals surface area contributed by atoms with Crippen LogP contribution in [0.3, 0.4) is 0 Å². The van der Waals surface area contributed by atoms with Crippen LogP contribution >= 0.6 is 0 Å². The van der Waals surface area contributed by atoms with E-state index in [1.54, 1.807) is 6.92 Å². The van der Waals surface area contributed by atoms with E-state index in [1.165, 1.54) is 5.56 Å². The smallest absolute Gasteiger partial charge is 0.193 e. The molecule has 1 aliphatic rings. The van der Waals surface area contributed by atoms with Gasteiger partial charge >= 0.3 is 0 Å². The van der Waals surface area contributed by atoms with E-state index in [4.69, 9.17) is 0 Å². The predicted molar refractivity (Wildman–Crippen MR) is 103 cm³/mol. The number of rotatable bonds is 6. The van der Waals surface area contributed by atoms with Crippen LogP contribution in [0.2, 0.25) is 0 Å². The summed E-state index contributed by atoms with van der Waals surface area (Å²) in [6, 6.07) is 10.5. The minimum absolute atomic E-state index is 0.00447. The molecule has 0 radical (unpaired) electrons. The van der Waals surface area contributed by atoms with Gasteiger partial charge in [-0.3, -0.25) is 19.4 Å². The van der Waals surface area contributed by atoms with Crippen molar-refractivity contribution in [1.82, 2.24) is 14.8 Å². The molecule has 1 aromatic carbocycles. The quantitative estimate of drug-likeness (QED) is 0.812. The van der Waals surface area contributed by atoms with Crippen molar-refractivity contribution in [3.8, 4) is 0 Å². The average molecular weight is 353 g/mol. The molecule has 5 heteroatoms. The minimum Gasteiger partial charge on any atom is -0.355 e. The Morgan fingerprint density at radius 1 is 1.00 bits per heavy atom. The zero-order valence-corrected chi connectivity index (χ0v) is 15.8. The number of hydrogen-bond acceptors (Lipinski definition) is 4. The fourth-order valence-electron chi connectivity index (χ4n) is 3.79. The molecule has 2 heterocycles. The molecule has 0 saturated carbocycles. The summed E-state index contributed by atoms with van der Waals surface area (Å²) in [6.45, 7) is 10.3. The van der Waals surface area contributed by atoms with Crippen molar-refractivity contribution in [2.75, 3.05) is 32.7 Å². The fourth-order valence-corrected chi connectivity index (χ4v) is 3.79. The molecule has 0 aliphatic carbocycles. The number of carbonyl (C=O) groups excluding carboxylic acids is 2. The van der Waals surface area contributed by atoms with Gasteiger partial charge in [-0.2, -0.15) is 0 Å². The van der Waals surface area contributed by atoms with Crippen LogP contribution in [-0.4, -0.2) is 59.1 Å². The van der Waals surface area contributed by atoms with Crippen LogP contribution in [0.25, 0.3) is 0 Å². The molecular formula is C21H27N3O2. The lowest BCUT2D eigenvalue weighted by molar-refractivity contribution is 0.0839. The molecule has 5 nitrogen and oxygen atoms in total. The maximum Gasteiger partial charge on any atom is 0.193 e. The Morgan fingerprint density at radius 2 is 1.62 bits per heavy atom. The Kier molecular flexibility index (Phi) is 5.69. The van der Waals surface area contributed by atoms with Gasteiger partial charge in [0.05, 0.1) is 12.2 Å². The molecule has 1 aliphatic heterocycles. The lowest BCUT2D eigenvalue weighted by Crippen LogP contribution is -2.47. The predicted octanol–water partition coefficient (Wildman–Crippen LogP) is 2.83. The number of ketones is 2. The van der Waals surface area contributed by atoms with E-state index in [2.05, 4.69) is 39.0 Å². The first-order valence-corrected chi connectivity index (χ1v) is 9.17. The van der Waals surface area contributed by atoms with Gasteiger partial charge in [-0.05, 0) is 31.9 Å². The van der Waals surface area contributed by atoms with Crippen molar-refractivity contribution in [3.05, 3.63) is 58.4 Å². The lowest BCUT2D eigenvalue weighted by Gasteiger charge is -2.34. The largest absolute Gasteiger partial charge is 0.355 e. The van der Waals surface area contributed by atoms with Crippen molar-refractivity contribution >= 4 is 11.6 Å². The molecular weight excluding hydrogens is 326 g/mol. The molecule has 1 N–H and O–H groups in total. The van der Waals surface area contributed by atoms with E-state index in [0.717, 1.165) is 44.0 Å². The number of nitrogens with zero attached hydrogens (tertiary/aromatic N) is 2. The second-order valence-electron chi connectivity index (χ2n) is 7.14. The number of piperazine rings is 1. The Labute approximate surface area is 155 Å². The molecule has 3 rings (SSSR count). The van der Waals surface area contributed by atoms with E-state index in [9.17, 15) is 9.59 Å². The maximum atomic E-state index is 12.7. The topological polar surface area (TPSA) is 56.4 Å². The molecule has 0 unspecified atom stereocenters. The van der Waals surface area contributed by atoms with E-state index < -0.39 is 0 Å². The Balaban J connectivity index is 1.55. The third kappa shape index (κ3) is 4.11. The minimum atomic E-state index is 0.00447. The number of carbonyl (C=O) groups is 2. The number of aromatic nitrogens is 1. The number of hydrogen-bond donors (Lipinski definition) is 1.